The molecule has 1 N–H and O–H groups in total. The summed E-state index contributed by atoms with van der Waals surface area (Å²) in [5.74, 6) is -1.12. The average Bonchev–Trinajstić information content (AvgIpc) is 3.56. The Bertz CT molecular complexity index is 1490. The number of rotatable bonds is 10. The Morgan fingerprint density at radius 3 is 2.56 bits per heavy atom. The number of anilines is 1. The fourth-order valence-electron chi connectivity index (χ4n) is 4.09. The van der Waals surface area contributed by atoms with Crippen molar-refractivity contribution in [3.05, 3.63) is 71.5 Å². The number of hydrogen-bond donors (Lipinski definition) is 1. The van der Waals surface area contributed by atoms with Crippen LogP contribution in [-0.4, -0.2) is 53.9 Å². The maximum atomic E-state index is 14.3. The summed E-state index contributed by atoms with van der Waals surface area (Å²) in [6, 6.07) is 8.50. The van der Waals surface area contributed by atoms with Crippen molar-refractivity contribution in [3.8, 4) is 11.8 Å². The number of methoxy groups -OCH3 is 1. The second kappa shape index (κ2) is 11.8. The van der Waals surface area contributed by atoms with Gasteiger partial charge in [0.15, 0.2) is 10.7 Å². The van der Waals surface area contributed by atoms with Gasteiger partial charge in [0.2, 0.25) is 10.0 Å². The van der Waals surface area contributed by atoms with Gasteiger partial charge in [-0.15, -0.1) is 11.3 Å². The number of allylic oxidation sites excluding steroid dienone is 1. The molecule has 2 amide bonds. The first-order valence-electron chi connectivity index (χ1n) is 11.8. The smallest absolute Gasteiger partial charge is 0.262 e. The number of sulfonamides is 1. The molecule has 0 aliphatic heterocycles. The van der Waals surface area contributed by atoms with Gasteiger partial charge in [0.25, 0.3) is 11.8 Å². The molecule has 206 valence electrons. The first-order chi connectivity index (χ1) is 18.3. The van der Waals surface area contributed by atoms with Gasteiger partial charge in [-0.3, -0.25) is 23.9 Å². The van der Waals surface area contributed by atoms with E-state index in [1.54, 1.807) is 35.8 Å². The summed E-state index contributed by atoms with van der Waals surface area (Å²) < 4.78 is 33.5. The molecule has 11 nitrogen and oxygen atoms in total. The predicted octanol–water partition coefficient (Wildman–Crippen LogP) is 3.28. The van der Waals surface area contributed by atoms with Crippen LogP contribution in [0.2, 0.25) is 0 Å². The number of nitriles is 1. The molecule has 0 aliphatic rings. The first kappa shape index (κ1) is 29.5. The van der Waals surface area contributed by atoms with E-state index in [0.29, 0.717) is 5.75 Å². The molecular weight excluding hydrogens is 540 g/mol. The van der Waals surface area contributed by atoms with Crippen LogP contribution in [0, 0.1) is 11.3 Å². The van der Waals surface area contributed by atoms with Gasteiger partial charge in [-0.25, -0.2) is 13.4 Å². The zero-order valence-corrected chi connectivity index (χ0v) is 23.9. The van der Waals surface area contributed by atoms with Crippen LogP contribution >= 0.6 is 11.3 Å². The summed E-state index contributed by atoms with van der Waals surface area (Å²) in [5.41, 5.74) is -1.11. The van der Waals surface area contributed by atoms with Crippen LogP contribution in [0.1, 0.15) is 43.1 Å². The minimum absolute atomic E-state index is 0.153. The largest absolute Gasteiger partial charge is 0.496 e. The Labute approximate surface area is 231 Å². The van der Waals surface area contributed by atoms with Crippen LogP contribution < -0.4 is 14.4 Å². The van der Waals surface area contributed by atoms with E-state index < -0.39 is 27.4 Å². The number of nitrogens with one attached hydrogen (secondary N) is 1. The number of carbonyl (C=O) groups is 2. The second-order valence-corrected chi connectivity index (χ2v) is 12.4. The highest BCUT2D eigenvalue weighted by Crippen LogP contribution is 2.36. The molecule has 1 unspecified atom stereocenters. The minimum atomic E-state index is -4.03. The van der Waals surface area contributed by atoms with Crippen LogP contribution in [0.5, 0.6) is 5.75 Å². The maximum absolute atomic E-state index is 14.3. The number of benzene rings is 1. The van der Waals surface area contributed by atoms with E-state index in [4.69, 9.17) is 10.00 Å². The molecule has 0 radical (unpaired) electrons. The van der Waals surface area contributed by atoms with Crippen LogP contribution in [-0.2, 0) is 26.8 Å². The standard InChI is InChI=1S/C26H30N6O5S2/c1-25(2,3)20-10-9-19(17-21(20)37-4)22(33)32(24-28-14-16-38-24)26(11-6-7-12-27,18-31-15-8-13-29-31)23(34)30-39(5,35)36/h6-10,13-17H,11,18H2,1-5H3,(H,30,34)/b7-6-. The van der Waals surface area contributed by atoms with Crippen LogP contribution in [0.3, 0.4) is 0 Å². The highest BCUT2D eigenvalue weighted by molar-refractivity contribution is 7.89. The number of carbonyl (C=O) groups excluding carboxylic acids is 2. The molecule has 2 heterocycles. The molecule has 3 rings (SSSR count). The van der Waals surface area contributed by atoms with E-state index in [9.17, 15) is 18.0 Å². The minimum Gasteiger partial charge on any atom is -0.496 e. The van der Waals surface area contributed by atoms with E-state index in [-0.39, 0.29) is 29.1 Å². The Balaban J connectivity index is 2.30. The summed E-state index contributed by atoms with van der Waals surface area (Å²) in [6.07, 6.45) is 7.75. The third-order valence-electron chi connectivity index (χ3n) is 5.83. The molecular formula is C26H30N6O5S2. The van der Waals surface area contributed by atoms with Crippen molar-refractivity contribution in [2.24, 2.45) is 0 Å². The summed E-state index contributed by atoms with van der Waals surface area (Å²) in [6.45, 7) is 5.81. The third-order valence-corrected chi connectivity index (χ3v) is 7.14. The Morgan fingerprint density at radius 1 is 1.28 bits per heavy atom. The monoisotopic (exact) mass is 570 g/mol. The molecule has 39 heavy (non-hydrogen) atoms. The van der Waals surface area contributed by atoms with E-state index in [0.717, 1.165) is 29.2 Å². The van der Waals surface area contributed by atoms with Crippen LogP contribution in [0.15, 0.2) is 60.4 Å². The van der Waals surface area contributed by atoms with Gasteiger partial charge in [0.05, 0.1) is 26.0 Å². The zero-order chi connectivity index (χ0) is 28.8. The molecule has 0 aliphatic carbocycles. The maximum Gasteiger partial charge on any atom is 0.262 e. The zero-order valence-electron chi connectivity index (χ0n) is 22.3. The Kier molecular flexibility index (Phi) is 8.93. The summed E-state index contributed by atoms with van der Waals surface area (Å²) in [4.78, 5) is 33.7. The molecule has 2 aromatic heterocycles. The van der Waals surface area contributed by atoms with Crippen LogP contribution in [0.4, 0.5) is 5.13 Å². The molecule has 0 spiro atoms. The molecule has 0 saturated carbocycles. The summed E-state index contributed by atoms with van der Waals surface area (Å²) in [5, 5.41) is 15.1. The highest BCUT2D eigenvalue weighted by atomic mass is 32.2. The number of hydrogen-bond acceptors (Lipinski definition) is 9. The fraction of sp³-hybridized carbons (Fsp3) is 0.346. The fourth-order valence-corrected chi connectivity index (χ4v) is 5.34. The topological polar surface area (TPSA) is 147 Å². The normalized spacial score (nSPS) is 13.4. The first-order valence-corrected chi connectivity index (χ1v) is 14.6. The highest BCUT2D eigenvalue weighted by Gasteiger charge is 2.49. The van der Waals surface area contributed by atoms with Gasteiger partial charge in [-0.1, -0.05) is 32.9 Å². The van der Waals surface area contributed by atoms with E-state index >= 15 is 0 Å². The second-order valence-electron chi connectivity index (χ2n) is 9.79. The molecule has 0 bridgehead atoms. The summed E-state index contributed by atoms with van der Waals surface area (Å²) in [7, 11) is -2.53. The lowest BCUT2D eigenvalue weighted by Gasteiger charge is -2.40. The molecule has 0 fully saturated rings. The van der Waals surface area contributed by atoms with Gasteiger partial charge in [0.1, 0.15) is 5.75 Å². The SMILES string of the molecule is COc1cc(C(=O)N(c2nccs2)C(C/C=C\C#N)(Cn2cccn2)C(=O)NS(C)(=O)=O)ccc1C(C)(C)C. The average molecular weight is 571 g/mol. The van der Waals surface area contributed by atoms with Gasteiger partial charge in [0, 0.05) is 42.0 Å². The van der Waals surface area contributed by atoms with Crippen molar-refractivity contribution >= 4 is 38.3 Å². The Morgan fingerprint density at radius 2 is 2.03 bits per heavy atom. The molecule has 0 saturated heterocycles. The van der Waals surface area contributed by atoms with Gasteiger partial charge in [-0.2, -0.15) is 10.4 Å². The van der Waals surface area contributed by atoms with E-state index in [1.807, 2.05) is 31.6 Å². The number of ether oxygens (including phenoxy) is 1. The number of thiazole rings is 1. The van der Waals surface area contributed by atoms with Crippen molar-refractivity contribution in [1.29, 1.82) is 5.26 Å². The molecule has 1 aromatic carbocycles. The van der Waals surface area contributed by atoms with Crippen LogP contribution in [0.25, 0.3) is 0 Å². The lowest BCUT2D eigenvalue weighted by molar-refractivity contribution is -0.125. The van der Waals surface area contributed by atoms with Crippen molar-refractivity contribution in [1.82, 2.24) is 19.5 Å². The molecule has 3 aromatic rings. The van der Waals surface area contributed by atoms with Crippen molar-refractivity contribution in [3.63, 3.8) is 0 Å². The van der Waals surface area contributed by atoms with Crippen molar-refractivity contribution in [2.75, 3.05) is 18.3 Å². The van der Waals surface area contributed by atoms with Gasteiger partial charge >= 0.3 is 0 Å². The van der Waals surface area contributed by atoms with Crippen molar-refractivity contribution < 1.29 is 22.7 Å². The molecule has 13 heteroatoms. The van der Waals surface area contributed by atoms with E-state index in [2.05, 4.69) is 10.1 Å². The molecule has 1 atom stereocenters. The third kappa shape index (κ3) is 6.90. The summed E-state index contributed by atoms with van der Waals surface area (Å²) >= 11 is 1.10. The Hall–Kier alpha value is -4.02. The lowest BCUT2D eigenvalue weighted by Crippen LogP contribution is -2.64. The lowest BCUT2D eigenvalue weighted by atomic mass is 9.85. The van der Waals surface area contributed by atoms with Crippen molar-refractivity contribution in [2.45, 2.75) is 44.7 Å². The number of amides is 2. The number of nitrogens with zero attached hydrogens (tertiary/aromatic N) is 5. The van der Waals surface area contributed by atoms with Gasteiger partial charge < -0.3 is 4.74 Å². The number of aromatic nitrogens is 3. The quantitative estimate of drug-likeness (QED) is 0.365. The predicted molar refractivity (Wildman–Crippen MR) is 148 cm³/mol. The van der Waals surface area contributed by atoms with E-state index in [1.165, 1.54) is 35.2 Å². The van der Waals surface area contributed by atoms with Gasteiger partial charge in [-0.05, 0) is 29.2 Å².